The van der Waals surface area contributed by atoms with Gasteiger partial charge in [-0.05, 0) is 48.9 Å². The molecule has 1 fully saturated rings. The lowest BCUT2D eigenvalue weighted by Gasteiger charge is -2.43. The van der Waals surface area contributed by atoms with Crippen LogP contribution in [0.2, 0.25) is 0 Å². The van der Waals surface area contributed by atoms with Crippen molar-refractivity contribution in [2.45, 2.75) is 31.2 Å². The first-order valence-electron chi connectivity index (χ1n) is 7.17. The Kier molecular flexibility index (Phi) is 2.58. The molecule has 0 N–H and O–H groups in total. The summed E-state index contributed by atoms with van der Waals surface area (Å²) < 4.78 is 0. The maximum Gasteiger partial charge on any atom is 0.0444 e. The molecule has 4 rings (SSSR count). The van der Waals surface area contributed by atoms with Crippen molar-refractivity contribution in [1.82, 2.24) is 4.90 Å². The van der Waals surface area contributed by atoms with Crippen LogP contribution in [0.15, 0.2) is 41.8 Å². The van der Waals surface area contributed by atoms with Crippen LogP contribution < -0.4 is 0 Å². The average molecular weight is 269 g/mol. The third-order valence-corrected chi connectivity index (χ3v) is 6.02. The summed E-state index contributed by atoms with van der Waals surface area (Å²) in [5, 5.41) is 2.29. The number of rotatable bonds is 1. The quantitative estimate of drug-likeness (QED) is 0.750. The highest BCUT2D eigenvalue weighted by atomic mass is 32.1. The molecule has 19 heavy (non-hydrogen) atoms. The SMILES string of the molecule is C[C@@]12CCCN1C[C@@H](c1ccccc1)c1sccc12. The van der Waals surface area contributed by atoms with Crippen molar-refractivity contribution in [3.05, 3.63) is 57.8 Å². The molecule has 0 amide bonds. The standard InChI is InChI=1S/C17H19NS/c1-17-9-5-10-18(17)12-14(13-6-3-2-4-7-13)16-15(17)8-11-19-16/h2-4,6-8,11,14H,5,9-10,12H2,1H3/t14-,17-/m0/s1. The molecule has 2 aliphatic rings. The molecule has 1 nitrogen and oxygen atoms in total. The molecule has 0 aliphatic carbocycles. The van der Waals surface area contributed by atoms with Gasteiger partial charge in [-0.1, -0.05) is 30.3 Å². The van der Waals surface area contributed by atoms with Gasteiger partial charge in [0.2, 0.25) is 0 Å². The topological polar surface area (TPSA) is 3.24 Å². The van der Waals surface area contributed by atoms with Crippen molar-refractivity contribution < 1.29 is 0 Å². The van der Waals surface area contributed by atoms with E-state index in [1.54, 1.807) is 10.4 Å². The highest BCUT2D eigenvalue weighted by Crippen LogP contribution is 2.49. The molecule has 98 valence electrons. The van der Waals surface area contributed by atoms with Crippen LogP contribution in [0.1, 0.15) is 41.7 Å². The molecule has 0 radical (unpaired) electrons. The first-order chi connectivity index (χ1) is 9.29. The van der Waals surface area contributed by atoms with Gasteiger partial charge in [-0.15, -0.1) is 11.3 Å². The fourth-order valence-corrected chi connectivity index (χ4v) is 5.04. The van der Waals surface area contributed by atoms with Crippen LogP contribution in [0.3, 0.4) is 0 Å². The first kappa shape index (κ1) is 11.7. The maximum absolute atomic E-state index is 2.71. The van der Waals surface area contributed by atoms with Crippen LogP contribution in [-0.2, 0) is 5.54 Å². The molecule has 2 atom stereocenters. The van der Waals surface area contributed by atoms with Gasteiger partial charge in [0, 0.05) is 22.9 Å². The predicted octanol–water partition coefficient (Wildman–Crippen LogP) is 4.20. The van der Waals surface area contributed by atoms with Crippen LogP contribution in [0, 0.1) is 0 Å². The van der Waals surface area contributed by atoms with Gasteiger partial charge in [-0.2, -0.15) is 0 Å². The zero-order valence-corrected chi connectivity index (χ0v) is 12.1. The normalized spacial score (nSPS) is 30.1. The van der Waals surface area contributed by atoms with Gasteiger partial charge in [-0.3, -0.25) is 4.90 Å². The highest BCUT2D eigenvalue weighted by molar-refractivity contribution is 7.10. The lowest BCUT2D eigenvalue weighted by atomic mass is 9.80. The molecule has 3 heterocycles. The largest absolute Gasteiger partial charge is 0.293 e. The van der Waals surface area contributed by atoms with Crippen LogP contribution in [0.25, 0.3) is 0 Å². The van der Waals surface area contributed by atoms with Crippen LogP contribution in [0.5, 0.6) is 0 Å². The molecular weight excluding hydrogens is 250 g/mol. The molecule has 1 aromatic heterocycles. The van der Waals surface area contributed by atoms with Gasteiger partial charge >= 0.3 is 0 Å². The fraction of sp³-hybridized carbons (Fsp3) is 0.412. The molecule has 2 aromatic rings. The Morgan fingerprint density at radius 3 is 2.89 bits per heavy atom. The van der Waals surface area contributed by atoms with E-state index in [1.807, 2.05) is 11.3 Å². The summed E-state index contributed by atoms with van der Waals surface area (Å²) in [6.45, 7) is 4.88. The van der Waals surface area contributed by atoms with Crippen molar-refractivity contribution in [3.8, 4) is 0 Å². The zero-order chi connectivity index (χ0) is 12.9. The van der Waals surface area contributed by atoms with Gasteiger partial charge in [0.05, 0.1) is 0 Å². The summed E-state index contributed by atoms with van der Waals surface area (Å²) in [6, 6.07) is 13.4. The third-order valence-electron chi connectivity index (χ3n) is 4.99. The van der Waals surface area contributed by atoms with E-state index in [9.17, 15) is 0 Å². The number of nitrogens with zero attached hydrogens (tertiary/aromatic N) is 1. The lowest BCUT2D eigenvalue weighted by molar-refractivity contribution is 0.136. The minimum absolute atomic E-state index is 0.306. The lowest BCUT2D eigenvalue weighted by Crippen LogP contribution is -2.45. The molecule has 1 aromatic carbocycles. The summed E-state index contributed by atoms with van der Waals surface area (Å²) in [4.78, 5) is 4.31. The summed E-state index contributed by atoms with van der Waals surface area (Å²) in [6.07, 6.45) is 2.66. The maximum atomic E-state index is 2.71. The van der Waals surface area contributed by atoms with Gasteiger partial charge in [0.1, 0.15) is 0 Å². The van der Waals surface area contributed by atoms with E-state index in [0.29, 0.717) is 11.5 Å². The van der Waals surface area contributed by atoms with E-state index in [1.165, 1.54) is 31.5 Å². The van der Waals surface area contributed by atoms with Gasteiger partial charge in [0.15, 0.2) is 0 Å². The Bertz CT molecular complexity index is 588. The van der Waals surface area contributed by atoms with E-state index >= 15 is 0 Å². The Labute approximate surface area is 118 Å². The third kappa shape index (κ3) is 1.63. The van der Waals surface area contributed by atoms with E-state index in [0.717, 1.165) is 0 Å². The minimum atomic E-state index is 0.306. The Morgan fingerprint density at radius 1 is 1.21 bits per heavy atom. The first-order valence-corrected chi connectivity index (χ1v) is 8.05. The molecule has 0 bridgehead atoms. The fourth-order valence-electron chi connectivity index (χ4n) is 3.90. The molecule has 2 aliphatic heterocycles. The molecule has 1 saturated heterocycles. The summed E-state index contributed by atoms with van der Waals surface area (Å²) >= 11 is 1.95. The smallest absolute Gasteiger partial charge is 0.0444 e. The van der Waals surface area contributed by atoms with Crippen LogP contribution in [-0.4, -0.2) is 18.0 Å². The molecule has 0 spiro atoms. The van der Waals surface area contributed by atoms with Crippen molar-refractivity contribution in [1.29, 1.82) is 0 Å². The summed E-state index contributed by atoms with van der Waals surface area (Å²) in [5.74, 6) is 0.572. The van der Waals surface area contributed by atoms with E-state index < -0.39 is 0 Å². The van der Waals surface area contributed by atoms with Crippen molar-refractivity contribution in [2.24, 2.45) is 0 Å². The number of hydrogen-bond donors (Lipinski definition) is 0. The number of hydrogen-bond acceptors (Lipinski definition) is 2. The van der Waals surface area contributed by atoms with Crippen molar-refractivity contribution in [3.63, 3.8) is 0 Å². The number of fused-ring (bicyclic) bond motifs is 3. The van der Waals surface area contributed by atoms with Gasteiger partial charge < -0.3 is 0 Å². The van der Waals surface area contributed by atoms with Gasteiger partial charge in [-0.25, -0.2) is 0 Å². The van der Waals surface area contributed by atoms with E-state index in [4.69, 9.17) is 0 Å². The summed E-state index contributed by atoms with van der Waals surface area (Å²) in [7, 11) is 0. The minimum Gasteiger partial charge on any atom is -0.293 e. The predicted molar refractivity (Wildman–Crippen MR) is 80.8 cm³/mol. The van der Waals surface area contributed by atoms with Crippen molar-refractivity contribution in [2.75, 3.05) is 13.1 Å². The second kappa shape index (κ2) is 4.19. The van der Waals surface area contributed by atoms with Crippen LogP contribution in [0.4, 0.5) is 0 Å². The van der Waals surface area contributed by atoms with Crippen LogP contribution >= 0.6 is 11.3 Å². The Hall–Kier alpha value is -1.12. The highest BCUT2D eigenvalue weighted by Gasteiger charge is 2.45. The molecule has 2 heteroatoms. The molecule has 0 saturated carbocycles. The number of benzene rings is 1. The summed E-state index contributed by atoms with van der Waals surface area (Å²) in [5.41, 5.74) is 3.37. The number of thiophene rings is 1. The second-order valence-corrected chi connectivity index (χ2v) is 6.93. The van der Waals surface area contributed by atoms with Gasteiger partial charge in [0.25, 0.3) is 0 Å². The average Bonchev–Trinajstić information content (AvgIpc) is 3.05. The Morgan fingerprint density at radius 2 is 2.05 bits per heavy atom. The molecule has 0 unspecified atom stereocenters. The second-order valence-electron chi connectivity index (χ2n) is 5.99. The van der Waals surface area contributed by atoms with Crippen molar-refractivity contribution >= 4 is 11.3 Å². The Balaban J connectivity index is 1.84. The van der Waals surface area contributed by atoms with E-state index in [-0.39, 0.29) is 0 Å². The monoisotopic (exact) mass is 269 g/mol. The molecular formula is C17H19NS. The van der Waals surface area contributed by atoms with E-state index in [2.05, 4.69) is 53.6 Å². The zero-order valence-electron chi connectivity index (χ0n) is 11.3.